The van der Waals surface area contributed by atoms with E-state index < -0.39 is 21.8 Å². The molecule has 0 fully saturated rings. The fourth-order valence-corrected chi connectivity index (χ4v) is 4.14. The number of pyridine rings is 1. The maximum absolute atomic E-state index is 13.0. The molecule has 0 saturated carbocycles. The Morgan fingerprint density at radius 3 is 2.18 bits per heavy atom. The Morgan fingerprint density at radius 1 is 0.853 bits per heavy atom. The SMILES string of the molecule is CNS(=O)(=O)c1ccc(C(=O)NNC(=O)c2cc(-c3ccc(Cl)cc3)nc3ccccc23)cc1. The Kier molecular flexibility index (Phi) is 6.60. The van der Waals surface area contributed by atoms with E-state index in [-0.39, 0.29) is 10.5 Å². The number of sulfonamides is 1. The summed E-state index contributed by atoms with van der Waals surface area (Å²) in [6.45, 7) is 0. The molecule has 0 unspecified atom stereocenters. The highest BCUT2D eigenvalue weighted by Gasteiger charge is 2.16. The largest absolute Gasteiger partial charge is 0.270 e. The van der Waals surface area contributed by atoms with Crippen LogP contribution in [0.25, 0.3) is 22.2 Å². The number of hydrazine groups is 1. The minimum atomic E-state index is -3.62. The fraction of sp³-hybridized carbons (Fsp3) is 0.0417. The number of carbonyl (C=O) groups is 2. The summed E-state index contributed by atoms with van der Waals surface area (Å²) in [5.74, 6) is -1.13. The first-order chi connectivity index (χ1) is 16.3. The Hall–Kier alpha value is -3.79. The highest BCUT2D eigenvalue weighted by Crippen LogP contribution is 2.26. The molecule has 4 aromatic rings. The van der Waals surface area contributed by atoms with Gasteiger partial charge in [0, 0.05) is 21.5 Å². The van der Waals surface area contributed by atoms with Crippen LogP contribution in [0.2, 0.25) is 5.02 Å². The predicted octanol–water partition coefficient (Wildman–Crippen LogP) is 3.54. The van der Waals surface area contributed by atoms with Gasteiger partial charge in [-0.25, -0.2) is 18.1 Å². The van der Waals surface area contributed by atoms with Crippen molar-refractivity contribution in [3.63, 3.8) is 0 Å². The molecule has 3 aromatic carbocycles. The summed E-state index contributed by atoms with van der Waals surface area (Å²) >= 11 is 5.98. The summed E-state index contributed by atoms with van der Waals surface area (Å²) in [6.07, 6.45) is 0. The molecular formula is C24H19ClN4O4S. The first-order valence-corrected chi connectivity index (χ1v) is 11.9. The van der Waals surface area contributed by atoms with Gasteiger partial charge in [-0.3, -0.25) is 20.4 Å². The van der Waals surface area contributed by atoms with Crippen molar-refractivity contribution in [1.29, 1.82) is 0 Å². The van der Waals surface area contributed by atoms with E-state index in [0.717, 1.165) is 5.56 Å². The monoisotopic (exact) mass is 494 g/mol. The Morgan fingerprint density at radius 2 is 1.50 bits per heavy atom. The second-order valence-corrected chi connectivity index (χ2v) is 9.54. The van der Waals surface area contributed by atoms with Crippen LogP contribution in [0.3, 0.4) is 0 Å². The van der Waals surface area contributed by atoms with Gasteiger partial charge in [0.2, 0.25) is 10.0 Å². The smallest absolute Gasteiger partial charge is 0.267 e. The zero-order valence-electron chi connectivity index (χ0n) is 17.9. The molecule has 0 aliphatic carbocycles. The quantitative estimate of drug-likeness (QED) is 0.367. The molecule has 8 nitrogen and oxygen atoms in total. The molecule has 3 N–H and O–H groups in total. The van der Waals surface area contributed by atoms with Gasteiger partial charge in [-0.2, -0.15) is 0 Å². The Balaban J connectivity index is 1.57. The van der Waals surface area contributed by atoms with Crippen LogP contribution in [0.15, 0.2) is 83.8 Å². The summed E-state index contributed by atoms with van der Waals surface area (Å²) < 4.78 is 25.9. The molecule has 0 aliphatic rings. The minimum absolute atomic E-state index is 0.0218. The molecule has 0 saturated heterocycles. The lowest BCUT2D eigenvalue weighted by Crippen LogP contribution is -2.41. The number of rotatable bonds is 5. The maximum Gasteiger partial charge on any atom is 0.270 e. The number of hydrogen-bond donors (Lipinski definition) is 3. The highest BCUT2D eigenvalue weighted by molar-refractivity contribution is 7.89. The first-order valence-electron chi connectivity index (χ1n) is 10.1. The van der Waals surface area contributed by atoms with E-state index in [1.54, 1.807) is 48.5 Å². The normalized spacial score (nSPS) is 11.2. The molecule has 0 aliphatic heterocycles. The third-order valence-corrected chi connectivity index (χ3v) is 6.77. The Bertz CT molecular complexity index is 1490. The van der Waals surface area contributed by atoms with E-state index in [2.05, 4.69) is 20.6 Å². The summed E-state index contributed by atoms with van der Waals surface area (Å²) in [4.78, 5) is 30.1. The van der Waals surface area contributed by atoms with Crippen molar-refractivity contribution >= 4 is 44.3 Å². The molecule has 1 heterocycles. The van der Waals surface area contributed by atoms with Crippen molar-refractivity contribution < 1.29 is 18.0 Å². The van der Waals surface area contributed by atoms with Gasteiger partial charge in [-0.05, 0) is 55.6 Å². The van der Waals surface area contributed by atoms with Gasteiger partial charge >= 0.3 is 0 Å². The number of para-hydroxylation sites is 1. The molecule has 4 rings (SSSR count). The van der Waals surface area contributed by atoms with Gasteiger partial charge in [-0.15, -0.1) is 0 Å². The van der Waals surface area contributed by atoms with E-state index in [0.29, 0.717) is 27.2 Å². The van der Waals surface area contributed by atoms with Crippen LogP contribution in [-0.2, 0) is 10.0 Å². The van der Waals surface area contributed by atoms with E-state index in [4.69, 9.17) is 11.6 Å². The number of carbonyl (C=O) groups excluding carboxylic acids is 2. The van der Waals surface area contributed by atoms with Gasteiger partial charge in [0.05, 0.1) is 21.7 Å². The lowest BCUT2D eigenvalue weighted by molar-refractivity contribution is 0.0847. The average Bonchev–Trinajstić information content (AvgIpc) is 2.87. The van der Waals surface area contributed by atoms with Gasteiger partial charge in [0.1, 0.15) is 0 Å². The summed E-state index contributed by atoms with van der Waals surface area (Å²) in [6, 6.07) is 21.2. The summed E-state index contributed by atoms with van der Waals surface area (Å²) in [5.41, 5.74) is 7.26. The third-order valence-electron chi connectivity index (χ3n) is 5.09. The van der Waals surface area contributed by atoms with Crippen molar-refractivity contribution in [2.24, 2.45) is 0 Å². The number of nitrogens with zero attached hydrogens (tertiary/aromatic N) is 1. The van der Waals surface area contributed by atoms with Gasteiger partial charge in [-0.1, -0.05) is 41.9 Å². The molecule has 0 bridgehead atoms. The number of fused-ring (bicyclic) bond motifs is 1. The fourth-order valence-electron chi connectivity index (χ4n) is 3.29. The zero-order chi connectivity index (χ0) is 24.3. The van der Waals surface area contributed by atoms with Crippen LogP contribution in [0.4, 0.5) is 0 Å². The second-order valence-electron chi connectivity index (χ2n) is 7.22. The second kappa shape index (κ2) is 9.60. The van der Waals surface area contributed by atoms with Crippen LogP contribution in [0, 0.1) is 0 Å². The van der Waals surface area contributed by atoms with E-state index in [9.17, 15) is 18.0 Å². The minimum Gasteiger partial charge on any atom is -0.267 e. The predicted molar refractivity (Wildman–Crippen MR) is 130 cm³/mol. The van der Waals surface area contributed by atoms with Crippen molar-refractivity contribution in [3.05, 3.63) is 95.0 Å². The van der Waals surface area contributed by atoms with Crippen LogP contribution in [-0.4, -0.2) is 32.3 Å². The maximum atomic E-state index is 13.0. The van der Waals surface area contributed by atoms with E-state index >= 15 is 0 Å². The molecule has 0 radical (unpaired) electrons. The molecule has 10 heteroatoms. The Labute approximate surface area is 201 Å². The number of amides is 2. The molecule has 0 spiro atoms. The van der Waals surface area contributed by atoms with Crippen LogP contribution in [0.1, 0.15) is 20.7 Å². The average molecular weight is 495 g/mol. The first kappa shape index (κ1) is 23.4. The molecule has 2 amide bonds. The van der Waals surface area contributed by atoms with Crippen LogP contribution < -0.4 is 15.6 Å². The van der Waals surface area contributed by atoms with Crippen LogP contribution in [0.5, 0.6) is 0 Å². The summed E-state index contributed by atoms with van der Waals surface area (Å²) in [5, 5.41) is 1.20. The molecule has 172 valence electrons. The molecular weight excluding hydrogens is 476 g/mol. The van der Waals surface area contributed by atoms with E-state index in [1.165, 1.54) is 31.3 Å². The van der Waals surface area contributed by atoms with Crippen molar-refractivity contribution in [2.75, 3.05) is 7.05 Å². The molecule has 1 aromatic heterocycles. The van der Waals surface area contributed by atoms with Gasteiger partial charge in [0.15, 0.2) is 0 Å². The number of benzene rings is 3. The number of aromatic nitrogens is 1. The lowest BCUT2D eigenvalue weighted by Gasteiger charge is -2.12. The van der Waals surface area contributed by atoms with Crippen LogP contribution >= 0.6 is 11.6 Å². The van der Waals surface area contributed by atoms with E-state index in [1.807, 2.05) is 6.07 Å². The number of nitrogens with one attached hydrogen (secondary N) is 3. The number of hydrogen-bond acceptors (Lipinski definition) is 5. The molecule has 0 atom stereocenters. The number of halogens is 1. The molecule has 34 heavy (non-hydrogen) atoms. The third kappa shape index (κ3) is 4.91. The standard InChI is InChI=1S/C24H19ClN4O4S/c1-26-34(32,33)18-12-8-16(9-13-18)23(30)28-29-24(31)20-14-22(15-6-10-17(25)11-7-15)27-21-5-3-2-4-19(20)21/h2-14,26H,1H3,(H,28,30)(H,29,31). The van der Waals surface area contributed by atoms with Crippen molar-refractivity contribution in [1.82, 2.24) is 20.6 Å². The van der Waals surface area contributed by atoms with Gasteiger partial charge in [0.25, 0.3) is 11.8 Å². The topological polar surface area (TPSA) is 117 Å². The zero-order valence-corrected chi connectivity index (χ0v) is 19.4. The highest BCUT2D eigenvalue weighted by atomic mass is 35.5. The van der Waals surface area contributed by atoms with Gasteiger partial charge < -0.3 is 0 Å². The lowest BCUT2D eigenvalue weighted by atomic mass is 10.0. The summed E-state index contributed by atoms with van der Waals surface area (Å²) in [7, 11) is -2.32. The van der Waals surface area contributed by atoms with Crippen molar-refractivity contribution in [3.8, 4) is 11.3 Å². The van der Waals surface area contributed by atoms with Crippen molar-refractivity contribution in [2.45, 2.75) is 4.90 Å².